The van der Waals surface area contributed by atoms with Gasteiger partial charge in [-0.2, -0.15) is 0 Å². The van der Waals surface area contributed by atoms with E-state index in [1.165, 1.54) is 0 Å². The van der Waals surface area contributed by atoms with E-state index in [-0.39, 0.29) is 18.6 Å². The van der Waals surface area contributed by atoms with Gasteiger partial charge in [-0.3, -0.25) is 0 Å². The molecule has 0 aliphatic carbocycles. The summed E-state index contributed by atoms with van der Waals surface area (Å²) in [5, 5.41) is 28.4. The van der Waals surface area contributed by atoms with Gasteiger partial charge in [0.1, 0.15) is 5.75 Å². The van der Waals surface area contributed by atoms with Gasteiger partial charge in [0, 0.05) is 25.9 Å². The fourth-order valence-electron chi connectivity index (χ4n) is 2.06. The molecule has 0 radical (unpaired) electrons. The summed E-state index contributed by atoms with van der Waals surface area (Å²) in [6.07, 6.45) is 0.327. The fourth-order valence-corrected chi connectivity index (χ4v) is 2.06. The van der Waals surface area contributed by atoms with Crippen LogP contribution in [-0.2, 0) is 4.79 Å². The Hall–Kier alpha value is -1.75. The van der Waals surface area contributed by atoms with Crippen LogP contribution in [-0.4, -0.2) is 40.0 Å². The van der Waals surface area contributed by atoms with Crippen molar-refractivity contribution < 1.29 is 20.1 Å². The number of aromatic hydroxyl groups is 1. The van der Waals surface area contributed by atoms with Crippen LogP contribution >= 0.6 is 0 Å². The average molecular weight is 237 g/mol. The highest BCUT2D eigenvalue weighted by atomic mass is 16.4. The number of aliphatic hydroxyl groups is 1. The van der Waals surface area contributed by atoms with Crippen molar-refractivity contribution in [2.75, 3.05) is 18.0 Å². The summed E-state index contributed by atoms with van der Waals surface area (Å²) in [5.74, 6) is -0.998. The molecular weight excluding hydrogens is 222 g/mol. The van der Waals surface area contributed by atoms with Crippen LogP contribution in [0.4, 0.5) is 5.69 Å². The molecule has 2 rings (SSSR count). The predicted octanol–water partition coefficient (Wildman–Crippen LogP) is 0.808. The van der Waals surface area contributed by atoms with Crippen LogP contribution in [0.5, 0.6) is 5.75 Å². The molecule has 1 aromatic carbocycles. The van der Waals surface area contributed by atoms with Crippen molar-refractivity contribution >= 4 is 11.7 Å². The van der Waals surface area contributed by atoms with Gasteiger partial charge in [-0.25, -0.2) is 4.79 Å². The van der Waals surface area contributed by atoms with Gasteiger partial charge < -0.3 is 20.2 Å². The molecule has 17 heavy (non-hydrogen) atoms. The highest BCUT2D eigenvalue weighted by Gasteiger charge is 2.39. The van der Waals surface area contributed by atoms with Gasteiger partial charge in [0.05, 0.1) is 5.69 Å². The van der Waals surface area contributed by atoms with Gasteiger partial charge in [0.25, 0.3) is 0 Å². The molecule has 0 atom stereocenters. The lowest BCUT2D eigenvalue weighted by Crippen LogP contribution is -2.49. The van der Waals surface area contributed by atoms with Crippen molar-refractivity contribution in [1.29, 1.82) is 0 Å². The smallest absolute Gasteiger partial charge is 0.335 e. The number of carboxylic acids is 1. The quantitative estimate of drug-likeness (QED) is 0.709. The lowest BCUT2D eigenvalue weighted by Gasteiger charge is -2.36. The minimum absolute atomic E-state index is 0.163. The SMILES string of the molecule is O=C(O)C1(O)CCN(c2ccccc2O)CC1. The first kappa shape index (κ1) is 11.7. The highest BCUT2D eigenvalue weighted by Crippen LogP contribution is 2.31. The van der Waals surface area contributed by atoms with Crippen LogP contribution in [0.3, 0.4) is 0 Å². The molecule has 0 amide bonds. The van der Waals surface area contributed by atoms with Crippen molar-refractivity contribution in [3.8, 4) is 5.75 Å². The number of phenolic OH excluding ortho intramolecular Hbond substituents is 1. The van der Waals surface area contributed by atoms with E-state index in [9.17, 15) is 15.0 Å². The van der Waals surface area contributed by atoms with Gasteiger partial charge >= 0.3 is 5.97 Å². The maximum atomic E-state index is 10.9. The molecule has 5 nitrogen and oxygen atoms in total. The number of piperidine rings is 1. The van der Waals surface area contributed by atoms with Crippen molar-refractivity contribution in [3.05, 3.63) is 24.3 Å². The van der Waals surface area contributed by atoms with Gasteiger partial charge in [0.2, 0.25) is 0 Å². The number of benzene rings is 1. The number of hydrogen-bond donors (Lipinski definition) is 3. The first-order valence-corrected chi connectivity index (χ1v) is 5.52. The van der Waals surface area contributed by atoms with Crippen LogP contribution in [0.1, 0.15) is 12.8 Å². The number of para-hydroxylation sites is 2. The zero-order valence-corrected chi connectivity index (χ0v) is 9.33. The first-order valence-electron chi connectivity index (χ1n) is 5.52. The maximum absolute atomic E-state index is 10.9. The second-order valence-electron chi connectivity index (χ2n) is 4.31. The second kappa shape index (κ2) is 4.25. The molecule has 0 bridgehead atoms. The number of anilines is 1. The molecule has 1 aliphatic rings. The number of nitrogens with zero attached hydrogens (tertiary/aromatic N) is 1. The van der Waals surface area contributed by atoms with E-state index in [4.69, 9.17) is 5.11 Å². The summed E-state index contributed by atoms with van der Waals surface area (Å²) in [6.45, 7) is 0.834. The molecule has 5 heteroatoms. The summed E-state index contributed by atoms with van der Waals surface area (Å²) in [7, 11) is 0. The molecule has 92 valence electrons. The maximum Gasteiger partial charge on any atom is 0.335 e. The summed E-state index contributed by atoms with van der Waals surface area (Å²) < 4.78 is 0. The molecule has 0 unspecified atom stereocenters. The van der Waals surface area contributed by atoms with Gasteiger partial charge in [-0.05, 0) is 12.1 Å². The van der Waals surface area contributed by atoms with E-state index in [0.29, 0.717) is 18.8 Å². The second-order valence-corrected chi connectivity index (χ2v) is 4.31. The topological polar surface area (TPSA) is 81.0 Å². The predicted molar refractivity (Wildman–Crippen MR) is 62.1 cm³/mol. The third kappa shape index (κ3) is 2.19. The lowest BCUT2D eigenvalue weighted by molar-refractivity contribution is -0.160. The third-order valence-electron chi connectivity index (χ3n) is 3.21. The lowest BCUT2D eigenvalue weighted by atomic mass is 9.91. The molecule has 1 aliphatic heterocycles. The summed E-state index contributed by atoms with van der Waals surface area (Å²) in [6, 6.07) is 6.91. The monoisotopic (exact) mass is 237 g/mol. The number of rotatable bonds is 2. The van der Waals surface area contributed by atoms with E-state index in [0.717, 1.165) is 0 Å². The zero-order chi connectivity index (χ0) is 12.5. The normalized spacial score (nSPS) is 19.0. The van der Waals surface area contributed by atoms with Gasteiger partial charge in [-0.1, -0.05) is 12.1 Å². The largest absolute Gasteiger partial charge is 0.506 e. The number of phenols is 1. The Kier molecular flexibility index (Phi) is 2.93. The van der Waals surface area contributed by atoms with Crippen LogP contribution in [0, 0.1) is 0 Å². The minimum atomic E-state index is -1.62. The van der Waals surface area contributed by atoms with Crippen molar-refractivity contribution in [2.45, 2.75) is 18.4 Å². The molecule has 1 fully saturated rings. The molecule has 1 saturated heterocycles. The van der Waals surface area contributed by atoms with Crippen LogP contribution in [0.15, 0.2) is 24.3 Å². The fraction of sp³-hybridized carbons (Fsp3) is 0.417. The molecule has 1 aromatic rings. The number of carboxylic acid groups (broad SMARTS) is 1. The Morgan fingerprint density at radius 3 is 2.35 bits per heavy atom. The number of aliphatic carboxylic acids is 1. The molecular formula is C12H15NO4. The van der Waals surface area contributed by atoms with Crippen molar-refractivity contribution in [2.24, 2.45) is 0 Å². The van der Waals surface area contributed by atoms with E-state index < -0.39 is 11.6 Å². The van der Waals surface area contributed by atoms with Crippen molar-refractivity contribution in [3.63, 3.8) is 0 Å². The van der Waals surface area contributed by atoms with Gasteiger partial charge in [0.15, 0.2) is 5.60 Å². The molecule has 0 saturated carbocycles. The molecule has 0 aromatic heterocycles. The first-order chi connectivity index (χ1) is 8.03. The Bertz CT molecular complexity index is 424. The van der Waals surface area contributed by atoms with Crippen LogP contribution in [0.2, 0.25) is 0 Å². The van der Waals surface area contributed by atoms with Crippen LogP contribution < -0.4 is 4.90 Å². The molecule has 0 spiro atoms. The Labute approximate surface area is 98.9 Å². The Balaban J connectivity index is 2.10. The standard InChI is InChI=1S/C12H15NO4/c14-10-4-2-1-3-9(10)13-7-5-12(17,6-8-13)11(15)16/h1-4,14,17H,5-8H2,(H,15,16). The van der Waals surface area contributed by atoms with E-state index >= 15 is 0 Å². The summed E-state index contributed by atoms with van der Waals surface area (Å²) in [5.41, 5.74) is -0.944. The van der Waals surface area contributed by atoms with E-state index in [1.807, 2.05) is 11.0 Å². The summed E-state index contributed by atoms with van der Waals surface area (Å²) >= 11 is 0. The zero-order valence-electron chi connectivity index (χ0n) is 9.33. The Morgan fingerprint density at radius 1 is 1.24 bits per heavy atom. The van der Waals surface area contributed by atoms with Crippen molar-refractivity contribution in [1.82, 2.24) is 0 Å². The summed E-state index contributed by atoms with van der Waals surface area (Å²) in [4.78, 5) is 12.8. The average Bonchev–Trinajstić information content (AvgIpc) is 2.31. The van der Waals surface area contributed by atoms with E-state index in [1.54, 1.807) is 18.2 Å². The van der Waals surface area contributed by atoms with E-state index in [2.05, 4.69) is 0 Å². The van der Waals surface area contributed by atoms with Gasteiger partial charge in [-0.15, -0.1) is 0 Å². The molecule has 3 N–H and O–H groups in total. The third-order valence-corrected chi connectivity index (χ3v) is 3.21. The number of hydrogen-bond acceptors (Lipinski definition) is 4. The molecule has 1 heterocycles. The Morgan fingerprint density at radius 2 is 1.82 bits per heavy atom. The highest BCUT2D eigenvalue weighted by molar-refractivity contribution is 5.77. The number of carbonyl (C=O) groups is 1. The minimum Gasteiger partial charge on any atom is -0.506 e. The van der Waals surface area contributed by atoms with Crippen LogP contribution in [0.25, 0.3) is 0 Å².